The van der Waals surface area contributed by atoms with Crippen LogP contribution < -0.4 is 0 Å². The standard InChI is InChI=1S/C8H11BrN2O2/c1-8(2,3)11-6(7(12)13)5(9)4-10-11/h4H,1-3H3,(H,12,13). The van der Waals surface area contributed by atoms with E-state index in [0.29, 0.717) is 4.47 Å². The Morgan fingerprint density at radius 3 is 2.46 bits per heavy atom. The van der Waals surface area contributed by atoms with Crippen LogP contribution in [0.3, 0.4) is 0 Å². The fourth-order valence-electron chi connectivity index (χ4n) is 1.03. The summed E-state index contributed by atoms with van der Waals surface area (Å²) in [6.45, 7) is 5.70. The quantitative estimate of drug-likeness (QED) is 0.826. The van der Waals surface area contributed by atoms with Crippen LogP contribution >= 0.6 is 15.9 Å². The van der Waals surface area contributed by atoms with E-state index in [9.17, 15) is 4.79 Å². The lowest BCUT2D eigenvalue weighted by Crippen LogP contribution is -2.27. The molecule has 0 radical (unpaired) electrons. The number of carboxylic acids is 1. The number of carbonyl (C=O) groups is 1. The molecule has 0 aliphatic heterocycles. The lowest BCUT2D eigenvalue weighted by atomic mass is 10.1. The molecular formula is C8H11BrN2O2. The van der Waals surface area contributed by atoms with Crippen LogP contribution in [0.2, 0.25) is 0 Å². The molecule has 0 amide bonds. The zero-order valence-electron chi connectivity index (χ0n) is 7.71. The molecule has 1 aromatic heterocycles. The molecule has 0 saturated carbocycles. The molecule has 0 aliphatic rings. The van der Waals surface area contributed by atoms with Gasteiger partial charge in [-0.15, -0.1) is 0 Å². The molecule has 5 heteroatoms. The van der Waals surface area contributed by atoms with Crippen LogP contribution in [0, 0.1) is 0 Å². The molecule has 1 N–H and O–H groups in total. The highest BCUT2D eigenvalue weighted by Gasteiger charge is 2.24. The minimum atomic E-state index is -0.973. The van der Waals surface area contributed by atoms with Crippen molar-refractivity contribution >= 4 is 21.9 Å². The Labute approximate surface area is 84.7 Å². The molecule has 0 bridgehead atoms. The monoisotopic (exact) mass is 246 g/mol. The van der Waals surface area contributed by atoms with Gasteiger partial charge in [-0.1, -0.05) is 0 Å². The predicted octanol–water partition coefficient (Wildman–Crippen LogP) is 2.10. The number of nitrogens with zero attached hydrogens (tertiary/aromatic N) is 2. The minimum Gasteiger partial charge on any atom is -0.476 e. The molecule has 4 nitrogen and oxygen atoms in total. The van der Waals surface area contributed by atoms with E-state index in [-0.39, 0.29) is 11.2 Å². The number of hydrogen-bond acceptors (Lipinski definition) is 2. The summed E-state index contributed by atoms with van der Waals surface area (Å²) >= 11 is 3.15. The van der Waals surface area contributed by atoms with Gasteiger partial charge < -0.3 is 5.11 Å². The average Bonchev–Trinajstić information content (AvgIpc) is 2.28. The largest absolute Gasteiger partial charge is 0.476 e. The third kappa shape index (κ3) is 1.91. The number of aromatic nitrogens is 2. The van der Waals surface area contributed by atoms with Gasteiger partial charge in [0, 0.05) is 0 Å². The van der Waals surface area contributed by atoms with E-state index in [2.05, 4.69) is 21.0 Å². The van der Waals surface area contributed by atoms with Crippen LogP contribution in [-0.2, 0) is 5.54 Å². The highest BCUT2D eigenvalue weighted by atomic mass is 79.9. The first-order valence-corrected chi connectivity index (χ1v) is 4.60. The Hall–Kier alpha value is -0.840. The van der Waals surface area contributed by atoms with Crippen LogP contribution in [0.5, 0.6) is 0 Å². The Bertz CT molecular complexity index is 338. The van der Waals surface area contributed by atoms with Crippen molar-refractivity contribution in [3.05, 3.63) is 16.4 Å². The topological polar surface area (TPSA) is 55.1 Å². The van der Waals surface area contributed by atoms with E-state index in [1.807, 2.05) is 20.8 Å². The summed E-state index contributed by atoms with van der Waals surface area (Å²) in [7, 11) is 0. The maximum Gasteiger partial charge on any atom is 0.355 e. The normalized spacial score (nSPS) is 11.7. The maximum atomic E-state index is 10.9. The van der Waals surface area contributed by atoms with E-state index in [4.69, 9.17) is 5.11 Å². The van der Waals surface area contributed by atoms with Gasteiger partial charge in [0.2, 0.25) is 0 Å². The van der Waals surface area contributed by atoms with Gasteiger partial charge in [-0.05, 0) is 36.7 Å². The van der Waals surface area contributed by atoms with Crippen LogP contribution in [0.4, 0.5) is 0 Å². The SMILES string of the molecule is CC(C)(C)n1ncc(Br)c1C(=O)O. The van der Waals surface area contributed by atoms with Crippen LogP contribution in [0.1, 0.15) is 31.3 Å². The van der Waals surface area contributed by atoms with Gasteiger partial charge in [-0.25, -0.2) is 4.79 Å². The Morgan fingerprint density at radius 1 is 1.62 bits per heavy atom. The molecule has 0 fully saturated rings. The Balaban J connectivity index is 3.31. The van der Waals surface area contributed by atoms with Crippen LogP contribution in [-0.4, -0.2) is 20.9 Å². The number of hydrogen-bond donors (Lipinski definition) is 1. The van der Waals surface area contributed by atoms with E-state index >= 15 is 0 Å². The van der Waals surface area contributed by atoms with Crippen molar-refractivity contribution in [3.63, 3.8) is 0 Å². The van der Waals surface area contributed by atoms with Gasteiger partial charge in [0.25, 0.3) is 0 Å². The summed E-state index contributed by atoms with van der Waals surface area (Å²) in [5.74, 6) is -0.973. The zero-order valence-corrected chi connectivity index (χ0v) is 9.29. The van der Waals surface area contributed by atoms with Crippen molar-refractivity contribution in [1.82, 2.24) is 9.78 Å². The lowest BCUT2D eigenvalue weighted by Gasteiger charge is -2.20. The summed E-state index contributed by atoms with van der Waals surface area (Å²) < 4.78 is 1.99. The molecule has 0 unspecified atom stereocenters. The molecule has 0 aliphatic carbocycles. The number of aromatic carboxylic acids is 1. The summed E-state index contributed by atoms with van der Waals surface area (Å²) in [5, 5.41) is 12.9. The van der Waals surface area contributed by atoms with Crippen molar-refractivity contribution < 1.29 is 9.90 Å². The zero-order chi connectivity index (χ0) is 10.2. The van der Waals surface area contributed by atoms with Gasteiger partial charge in [-0.2, -0.15) is 5.10 Å². The van der Waals surface area contributed by atoms with Crippen LogP contribution in [0.15, 0.2) is 10.7 Å². The first kappa shape index (κ1) is 10.2. The third-order valence-corrected chi connectivity index (χ3v) is 2.14. The fourth-order valence-corrected chi connectivity index (χ4v) is 1.46. The highest BCUT2D eigenvalue weighted by molar-refractivity contribution is 9.10. The molecule has 0 atom stereocenters. The van der Waals surface area contributed by atoms with Gasteiger partial charge in [0.15, 0.2) is 5.69 Å². The predicted molar refractivity (Wildman–Crippen MR) is 51.9 cm³/mol. The highest BCUT2D eigenvalue weighted by Crippen LogP contribution is 2.22. The molecule has 0 aromatic carbocycles. The number of rotatable bonds is 1. The first-order valence-electron chi connectivity index (χ1n) is 3.81. The van der Waals surface area contributed by atoms with Gasteiger partial charge in [-0.3, -0.25) is 4.68 Å². The molecule has 0 spiro atoms. The molecule has 13 heavy (non-hydrogen) atoms. The summed E-state index contributed by atoms with van der Waals surface area (Å²) in [5.41, 5.74) is -0.132. The molecule has 1 heterocycles. The maximum absolute atomic E-state index is 10.9. The molecular weight excluding hydrogens is 236 g/mol. The van der Waals surface area contributed by atoms with E-state index < -0.39 is 5.97 Å². The second-order valence-corrected chi connectivity index (χ2v) is 4.58. The van der Waals surface area contributed by atoms with E-state index in [1.165, 1.54) is 10.9 Å². The minimum absolute atomic E-state index is 0.188. The summed E-state index contributed by atoms with van der Waals surface area (Å²) in [6, 6.07) is 0. The fraction of sp³-hybridized carbons (Fsp3) is 0.500. The summed E-state index contributed by atoms with van der Waals surface area (Å²) in [6.07, 6.45) is 1.49. The lowest BCUT2D eigenvalue weighted by molar-refractivity contribution is 0.0673. The Morgan fingerprint density at radius 2 is 2.15 bits per heavy atom. The van der Waals surface area contributed by atoms with Gasteiger partial charge in [0.1, 0.15) is 0 Å². The van der Waals surface area contributed by atoms with Crippen molar-refractivity contribution in [3.8, 4) is 0 Å². The average molecular weight is 247 g/mol. The van der Waals surface area contributed by atoms with Crippen LogP contribution in [0.25, 0.3) is 0 Å². The molecule has 72 valence electrons. The summed E-state index contributed by atoms with van der Waals surface area (Å²) in [4.78, 5) is 10.9. The molecule has 1 rings (SSSR count). The number of carboxylic acid groups (broad SMARTS) is 1. The second kappa shape index (κ2) is 3.14. The number of halogens is 1. The van der Waals surface area contributed by atoms with Crippen molar-refractivity contribution in [2.45, 2.75) is 26.3 Å². The molecule has 1 aromatic rings. The van der Waals surface area contributed by atoms with E-state index in [0.717, 1.165) is 0 Å². The van der Waals surface area contributed by atoms with Gasteiger partial charge in [0.05, 0.1) is 16.2 Å². The second-order valence-electron chi connectivity index (χ2n) is 3.73. The smallest absolute Gasteiger partial charge is 0.355 e. The van der Waals surface area contributed by atoms with Gasteiger partial charge >= 0.3 is 5.97 Å². The molecule has 0 saturated heterocycles. The third-order valence-electron chi connectivity index (χ3n) is 1.56. The van der Waals surface area contributed by atoms with Crippen molar-refractivity contribution in [2.24, 2.45) is 0 Å². The van der Waals surface area contributed by atoms with Crippen molar-refractivity contribution in [1.29, 1.82) is 0 Å². The first-order chi connectivity index (χ1) is 5.84. The van der Waals surface area contributed by atoms with E-state index in [1.54, 1.807) is 0 Å². The van der Waals surface area contributed by atoms with Crippen molar-refractivity contribution in [2.75, 3.05) is 0 Å². The Kier molecular flexibility index (Phi) is 2.47.